The summed E-state index contributed by atoms with van der Waals surface area (Å²) in [5, 5.41) is 5.72. The van der Waals surface area contributed by atoms with E-state index in [1.54, 1.807) is 26.0 Å². The highest BCUT2D eigenvalue weighted by Crippen LogP contribution is 2.36. The summed E-state index contributed by atoms with van der Waals surface area (Å²) in [7, 11) is 0. The van der Waals surface area contributed by atoms with Gasteiger partial charge in [-0.1, -0.05) is 30.7 Å². The number of nitrogens with one attached hydrogen (secondary N) is 1. The average molecular weight is 338 g/mol. The van der Waals surface area contributed by atoms with Crippen molar-refractivity contribution in [2.45, 2.75) is 20.3 Å². The van der Waals surface area contributed by atoms with E-state index in [0.29, 0.717) is 22.0 Å². The molecule has 0 aliphatic carbocycles. The first-order valence-corrected chi connectivity index (χ1v) is 8.17. The SMILES string of the molecule is CCOC(=O)c1c(-c2ccc(Cl)cc2)csc1NC(=O)CC. The number of anilines is 1. The fourth-order valence-electron chi connectivity index (χ4n) is 1.91. The molecule has 0 bridgehead atoms. The number of halogens is 1. The molecule has 6 heteroatoms. The molecule has 1 amide bonds. The van der Waals surface area contributed by atoms with Gasteiger partial charge in [0.05, 0.1) is 6.61 Å². The molecule has 0 unspecified atom stereocenters. The van der Waals surface area contributed by atoms with E-state index >= 15 is 0 Å². The van der Waals surface area contributed by atoms with E-state index in [0.717, 1.165) is 11.1 Å². The molecule has 4 nitrogen and oxygen atoms in total. The molecule has 0 spiro atoms. The van der Waals surface area contributed by atoms with E-state index in [-0.39, 0.29) is 12.5 Å². The Kier molecular flexibility index (Phi) is 5.57. The third-order valence-electron chi connectivity index (χ3n) is 3.00. The lowest BCUT2D eigenvalue weighted by molar-refractivity contribution is -0.115. The quantitative estimate of drug-likeness (QED) is 0.811. The fourth-order valence-corrected chi connectivity index (χ4v) is 3.01. The van der Waals surface area contributed by atoms with Crippen LogP contribution in [0.4, 0.5) is 5.00 Å². The maximum absolute atomic E-state index is 12.3. The van der Waals surface area contributed by atoms with Crippen molar-refractivity contribution in [1.29, 1.82) is 0 Å². The van der Waals surface area contributed by atoms with Crippen LogP contribution in [0.3, 0.4) is 0 Å². The van der Waals surface area contributed by atoms with Gasteiger partial charge in [0.1, 0.15) is 10.6 Å². The lowest BCUT2D eigenvalue weighted by Crippen LogP contribution is -2.13. The summed E-state index contributed by atoms with van der Waals surface area (Å²) in [6.07, 6.45) is 0.344. The summed E-state index contributed by atoms with van der Waals surface area (Å²) < 4.78 is 5.12. The van der Waals surface area contributed by atoms with Gasteiger partial charge in [-0.25, -0.2) is 4.79 Å². The average Bonchev–Trinajstić information content (AvgIpc) is 2.91. The molecule has 1 heterocycles. The zero-order chi connectivity index (χ0) is 16.1. The number of hydrogen-bond acceptors (Lipinski definition) is 4. The molecule has 0 aliphatic rings. The van der Waals surface area contributed by atoms with Crippen molar-refractivity contribution in [3.8, 4) is 11.1 Å². The van der Waals surface area contributed by atoms with Crippen molar-refractivity contribution in [3.63, 3.8) is 0 Å². The standard InChI is InChI=1S/C16H16ClNO3S/c1-3-13(19)18-15-14(16(20)21-4-2)12(9-22-15)10-5-7-11(17)8-6-10/h5-9H,3-4H2,1-2H3,(H,18,19). The molecule has 116 valence electrons. The van der Waals surface area contributed by atoms with Crippen LogP contribution in [0.15, 0.2) is 29.6 Å². The molecule has 0 fully saturated rings. The van der Waals surface area contributed by atoms with Crippen molar-refractivity contribution >= 4 is 39.8 Å². The number of hydrogen-bond donors (Lipinski definition) is 1. The Labute approximate surface area is 138 Å². The molecule has 22 heavy (non-hydrogen) atoms. The zero-order valence-electron chi connectivity index (χ0n) is 12.3. The number of esters is 1. The van der Waals surface area contributed by atoms with Crippen LogP contribution in [0, 0.1) is 0 Å². The van der Waals surface area contributed by atoms with Gasteiger partial charge in [-0.05, 0) is 24.6 Å². The first-order valence-electron chi connectivity index (χ1n) is 6.91. The van der Waals surface area contributed by atoms with Crippen LogP contribution in [-0.4, -0.2) is 18.5 Å². The van der Waals surface area contributed by atoms with Crippen LogP contribution in [0.25, 0.3) is 11.1 Å². The number of carbonyl (C=O) groups is 2. The maximum atomic E-state index is 12.3. The van der Waals surface area contributed by atoms with Gasteiger partial charge in [-0.15, -0.1) is 11.3 Å². The minimum absolute atomic E-state index is 0.143. The van der Waals surface area contributed by atoms with E-state index < -0.39 is 5.97 Å². The van der Waals surface area contributed by atoms with Crippen LogP contribution in [0.5, 0.6) is 0 Å². The second-order valence-corrected chi connectivity index (χ2v) is 5.80. The van der Waals surface area contributed by atoms with Crippen molar-refractivity contribution in [3.05, 3.63) is 40.2 Å². The molecule has 0 saturated carbocycles. The van der Waals surface area contributed by atoms with Gasteiger partial charge in [0, 0.05) is 22.4 Å². The number of thiophene rings is 1. The molecular weight excluding hydrogens is 322 g/mol. The smallest absolute Gasteiger partial charge is 0.341 e. The zero-order valence-corrected chi connectivity index (χ0v) is 13.9. The summed E-state index contributed by atoms with van der Waals surface area (Å²) in [5.41, 5.74) is 1.96. The summed E-state index contributed by atoms with van der Waals surface area (Å²) in [4.78, 5) is 23.9. The number of ether oxygens (including phenoxy) is 1. The van der Waals surface area contributed by atoms with Crippen molar-refractivity contribution < 1.29 is 14.3 Å². The fraction of sp³-hybridized carbons (Fsp3) is 0.250. The van der Waals surface area contributed by atoms with Crippen LogP contribution in [0.2, 0.25) is 5.02 Å². The van der Waals surface area contributed by atoms with E-state index in [2.05, 4.69) is 5.32 Å². The monoisotopic (exact) mass is 337 g/mol. The third kappa shape index (κ3) is 3.67. The van der Waals surface area contributed by atoms with Crippen LogP contribution in [0.1, 0.15) is 30.6 Å². The largest absolute Gasteiger partial charge is 0.462 e. The Morgan fingerprint density at radius 1 is 1.23 bits per heavy atom. The second-order valence-electron chi connectivity index (χ2n) is 4.48. The molecule has 2 rings (SSSR count). The molecule has 0 atom stereocenters. The molecule has 2 aromatic rings. The number of carbonyl (C=O) groups excluding carboxylic acids is 2. The Morgan fingerprint density at radius 3 is 2.50 bits per heavy atom. The predicted octanol–water partition coefficient (Wildman–Crippen LogP) is 4.59. The lowest BCUT2D eigenvalue weighted by atomic mass is 10.0. The van der Waals surface area contributed by atoms with Gasteiger partial charge in [0.15, 0.2) is 0 Å². The van der Waals surface area contributed by atoms with Gasteiger partial charge in [0.25, 0.3) is 0 Å². The van der Waals surface area contributed by atoms with Gasteiger partial charge >= 0.3 is 5.97 Å². The molecule has 1 aromatic heterocycles. The first kappa shape index (κ1) is 16.5. The Bertz CT molecular complexity index is 679. The van der Waals surface area contributed by atoms with Crippen molar-refractivity contribution in [2.75, 3.05) is 11.9 Å². The van der Waals surface area contributed by atoms with E-state index in [1.807, 2.05) is 17.5 Å². The Morgan fingerprint density at radius 2 is 1.91 bits per heavy atom. The van der Waals surface area contributed by atoms with Crippen LogP contribution in [-0.2, 0) is 9.53 Å². The van der Waals surface area contributed by atoms with Crippen molar-refractivity contribution in [2.24, 2.45) is 0 Å². The predicted molar refractivity (Wildman–Crippen MR) is 89.6 cm³/mol. The molecule has 1 aromatic carbocycles. The highest BCUT2D eigenvalue weighted by Gasteiger charge is 2.22. The maximum Gasteiger partial charge on any atom is 0.341 e. The van der Waals surface area contributed by atoms with Crippen molar-refractivity contribution in [1.82, 2.24) is 0 Å². The number of benzene rings is 1. The number of rotatable bonds is 5. The summed E-state index contributed by atoms with van der Waals surface area (Å²) in [6, 6.07) is 7.18. The highest BCUT2D eigenvalue weighted by molar-refractivity contribution is 7.15. The minimum Gasteiger partial charge on any atom is -0.462 e. The number of amides is 1. The topological polar surface area (TPSA) is 55.4 Å². The van der Waals surface area contributed by atoms with E-state index in [1.165, 1.54) is 11.3 Å². The summed E-state index contributed by atoms with van der Waals surface area (Å²) >= 11 is 7.21. The molecular formula is C16H16ClNO3S. The van der Waals surface area contributed by atoms with Crippen LogP contribution >= 0.6 is 22.9 Å². The molecule has 0 saturated heterocycles. The highest BCUT2D eigenvalue weighted by atomic mass is 35.5. The van der Waals surface area contributed by atoms with Gasteiger partial charge < -0.3 is 10.1 Å². The van der Waals surface area contributed by atoms with Gasteiger partial charge in [0.2, 0.25) is 5.91 Å². The second kappa shape index (κ2) is 7.42. The third-order valence-corrected chi connectivity index (χ3v) is 4.15. The molecule has 0 radical (unpaired) electrons. The first-order chi connectivity index (χ1) is 10.6. The van der Waals surface area contributed by atoms with E-state index in [9.17, 15) is 9.59 Å². The van der Waals surface area contributed by atoms with E-state index in [4.69, 9.17) is 16.3 Å². The lowest BCUT2D eigenvalue weighted by Gasteiger charge is -2.08. The minimum atomic E-state index is -0.444. The molecule has 1 N–H and O–H groups in total. The molecule has 0 aliphatic heterocycles. The summed E-state index contributed by atoms with van der Waals surface area (Å²) in [6.45, 7) is 3.78. The van der Waals surface area contributed by atoms with Gasteiger partial charge in [-0.3, -0.25) is 4.79 Å². The Balaban J connectivity index is 2.47. The normalized spacial score (nSPS) is 10.3. The van der Waals surface area contributed by atoms with Crippen LogP contribution < -0.4 is 5.32 Å². The summed E-state index contributed by atoms with van der Waals surface area (Å²) in [5.74, 6) is -0.588. The van der Waals surface area contributed by atoms with Gasteiger partial charge in [-0.2, -0.15) is 0 Å². The Hall–Kier alpha value is -1.85.